The molecule has 23 heavy (non-hydrogen) atoms. The molecule has 0 bridgehead atoms. The summed E-state index contributed by atoms with van der Waals surface area (Å²) in [4.78, 5) is 28.2. The lowest BCUT2D eigenvalue weighted by molar-refractivity contribution is -0.132. The molecule has 2 amide bonds. The molecule has 0 aromatic carbocycles. The molecule has 6 nitrogen and oxygen atoms in total. The van der Waals surface area contributed by atoms with Crippen LogP contribution in [0.15, 0.2) is 18.7 Å². The standard InChI is InChI=1S/C17H24N4O2/c1-2-3-7-16(22)19-9-11-20(12-10-19)17(23)15-13-14-6-4-5-8-21(14)18-15/h2,13H,1,3-12H2. The molecule has 124 valence electrons. The second kappa shape index (κ2) is 6.98. The van der Waals surface area contributed by atoms with E-state index in [0.29, 0.717) is 44.7 Å². The van der Waals surface area contributed by atoms with Crippen molar-refractivity contribution in [1.82, 2.24) is 19.6 Å². The lowest BCUT2D eigenvalue weighted by Gasteiger charge is -2.34. The van der Waals surface area contributed by atoms with E-state index in [2.05, 4.69) is 11.7 Å². The fourth-order valence-corrected chi connectivity index (χ4v) is 3.23. The molecule has 0 atom stereocenters. The zero-order valence-electron chi connectivity index (χ0n) is 13.5. The summed E-state index contributed by atoms with van der Waals surface area (Å²) in [7, 11) is 0. The molecule has 1 fully saturated rings. The molecule has 0 radical (unpaired) electrons. The van der Waals surface area contributed by atoms with Crippen LogP contribution in [0.3, 0.4) is 0 Å². The van der Waals surface area contributed by atoms with Crippen molar-refractivity contribution in [1.29, 1.82) is 0 Å². The minimum Gasteiger partial charge on any atom is -0.339 e. The quantitative estimate of drug-likeness (QED) is 0.790. The number of hydrogen-bond acceptors (Lipinski definition) is 3. The summed E-state index contributed by atoms with van der Waals surface area (Å²) in [5, 5.41) is 4.45. The number of piperazine rings is 1. The van der Waals surface area contributed by atoms with E-state index in [9.17, 15) is 9.59 Å². The maximum Gasteiger partial charge on any atom is 0.274 e. The first-order valence-corrected chi connectivity index (χ1v) is 8.43. The van der Waals surface area contributed by atoms with Crippen molar-refractivity contribution in [2.24, 2.45) is 0 Å². The van der Waals surface area contributed by atoms with Gasteiger partial charge in [0.1, 0.15) is 0 Å². The number of nitrogens with zero attached hydrogens (tertiary/aromatic N) is 4. The number of carbonyl (C=O) groups excluding carboxylic acids is 2. The summed E-state index contributed by atoms with van der Waals surface area (Å²) in [6.07, 6.45) is 6.28. The van der Waals surface area contributed by atoms with Crippen LogP contribution < -0.4 is 0 Å². The third-order valence-electron chi connectivity index (χ3n) is 4.62. The fraction of sp³-hybridized carbons (Fsp3) is 0.588. The zero-order chi connectivity index (χ0) is 16.2. The molecule has 2 aliphatic rings. The number of hydrogen-bond donors (Lipinski definition) is 0. The van der Waals surface area contributed by atoms with Crippen LogP contribution in [0.2, 0.25) is 0 Å². The van der Waals surface area contributed by atoms with Gasteiger partial charge < -0.3 is 9.80 Å². The Hall–Kier alpha value is -2.11. The van der Waals surface area contributed by atoms with Gasteiger partial charge in [0, 0.05) is 44.8 Å². The SMILES string of the molecule is C=CCCC(=O)N1CCN(C(=O)c2cc3n(n2)CCCC3)CC1. The monoisotopic (exact) mass is 316 g/mol. The van der Waals surface area contributed by atoms with Gasteiger partial charge >= 0.3 is 0 Å². The Bertz CT molecular complexity index is 576. The van der Waals surface area contributed by atoms with Crippen LogP contribution in [0.25, 0.3) is 0 Å². The first-order chi connectivity index (χ1) is 11.2. The number of fused-ring (bicyclic) bond motifs is 1. The van der Waals surface area contributed by atoms with E-state index in [4.69, 9.17) is 0 Å². The Morgan fingerprint density at radius 1 is 1.13 bits per heavy atom. The van der Waals surface area contributed by atoms with Crippen molar-refractivity contribution in [3.05, 3.63) is 30.1 Å². The Labute approximate surface area is 136 Å². The van der Waals surface area contributed by atoms with Crippen LogP contribution in [-0.2, 0) is 17.8 Å². The fourth-order valence-electron chi connectivity index (χ4n) is 3.23. The van der Waals surface area contributed by atoms with Crippen molar-refractivity contribution in [3.63, 3.8) is 0 Å². The molecule has 3 rings (SSSR count). The van der Waals surface area contributed by atoms with Crippen LogP contribution >= 0.6 is 0 Å². The molecule has 3 heterocycles. The molecular formula is C17H24N4O2. The normalized spacial score (nSPS) is 17.7. The minimum absolute atomic E-state index is 0.00918. The van der Waals surface area contributed by atoms with E-state index < -0.39 is 0 Å². The number of rotatable bonds is 4. The minimum atomic E-state index is -0.00918. The van der Waals surface area contributed by atoms with E-state index in [1.54, 1.807) is 6.08 Å². The summed E-state index contributed by atoms with van der Waals surface area (Å²) in [6.45, 7) is 6.93. The highest BCUT2D eigenvalue weighted by Gasteiger charge is 2.26. The van der Waals surface area contributed by atoms with E-state index >= 15 is 0 Å². The van der Waals surface area contributed by atoms with Crippen LogP contribution in [0.4, 0.5) is 0 Å². The average Bonchev–Trinajstić information content (AvgIpc) is 3.03. The van der Waals surface area contributed by atoms with E-state index in [1.807, 2.05) is 20.5 Å². The number of amides is 2. The van der Waals surface area contributed by atoms with Gasteiger partial charge in [-0.05, 0) is 31.7 Å². The molecule has 1 aromatic rings. The van der Waals surface area contributed by atoms with Gasteiger partial charge in [-0.15, -0.1) is 6.58 Å². The van der Waals surface area contributed by atoms with Crippen molar-refractivity contribution in [2.75, 3.05) is 26.2 Å². The third-order valence-corrected chi connectivity index (χ3v) is 4.62. The molecular weight excluding hydrogens is 292 g/mol. The molecule has 1 aromatic heterocycles. The van der Waals surface area contributed by atoms with E-state index in [-0.39, 0.29) is 11.8 Å². The van der Waals surface area contributed by atoms with Crippen molar-refractivity contribution < 1.29 is 9.59 Å². The first-order valence-electron chi connectivity index (χ1n) is 8.43. The summed E-state index contributed by atoms with van der Waals surface area (Å²) < 4.78 is 1.96. The Morgan fingerprint density at radius 2 is 1.87 bits per heavy atom. The van der Waals surface area contributed by atoms with Crippen molar-refractivity contribution >= 4 is 11.8 Å². The van der Waals surface area contributed by atoms with Gasteiger partial charge in [-0.1, -0.05) is 6.08 Å². The van der Waals surface area contributed by atoms with Crippen LogP contribution in [0.1, 0.15) is 41.9 Å². The number of aromatic nitrogens is 2. The van der Waals surface area contributed by atoms with Gasteiger partial charge in [-0.2, -0.15) is 5.10 Å². The topological polar surface area (TPSA) is 58.4 Å². The summed E-state index contributed by atoms with van der Waals surface area (Å²) in [5.74, 6) is 0.138. The molecule has 1 saturated heterocycles. The summed E-state index contributed by atoms with van der Waals surface area (Å²) >= 11 is 0. The van der Waals surface area contributed by atoms with Crippen LogP contribution in [0.5, 0.6) is 0 Å². The van der Waals surface area contributed by atoms with Gasteiger partial charge in [-0.25, -0.2) is 0 Å². The summed E-state index contributed by atoms with van der Waals surface area (Å²) in [5.41, 5.74) is 1.71. The van der Waals surface area contributed by atoms with Crippen molar-refractivity contribution in [3.8, 4) is 0 Å². The maximum absolute atomic E-state index is 12.6. The summed E-state index contributed by atoms with van der Waals surface area (Å²) in [6, 6.07) is 1.93. The van der Waals surface area contributed by atoms with E-state index in [0.717, 1.165) is 25.1 Å². The number of carbonyl (C=O) groups is 2. The lowest BCUT2D eigenvalue weighted by Crippen LogP contribution is -2.50. The zero-order valence-corrected chi connectivity index (χ0v) is 13.5. The second-order valence-corrected chi connectivity index (χ2v) is 6.20. The Morgan fingerprint density at radius 3 is 2.57 bits per heavy atom. The highest BCUT2D eigenvalue weighted by molar-refractivity contribution is 5.92. The van der Waals surface area contributed by atoms with Gasteiger partial charge in [0.25, 0.3) is 5.91 Å². The van der Waals surface area contributed by atoms with Crippen LogP contribution in [-0.4, -0.2) is 57.6 Å². The number of allylic oxidation sites excluding steroid dienone is 1. The molecule has 0 spiro atoms. The Kier molecular flexibility index (Phi) is 4.79. The van der Waals surface area contributed by atoms with E-state index in [1.165, 1.54) is 6.42 Å². The van der Waals surface area contributed by atoms with Crippen LogP contribution in [0, 0.1) is 0 Å². The highest BCUT2D eigenvalue weighted by atomic mass is 16.2. The molecule has 0 N–H and O–H groups in total. The molecule has 0 saturated carbocycles. The van der Waals surface area contributed by atoms with Gasteiger partial charge in [0.05, 0.1) is 0 Å². The molecule has 0 unspecified atom stereocenters. The molecule has 6 heteroatoms. The highest BCUT2D eigenvalue weighted by Crippen LogP contribution is 2.17. The number of aryl methyl sites for hydroxylation is 2. The smallest absolute Gasteiger partial charge is 0.274 e. The van der Waals surface area contributed by atoms with Gasteiger partial charge in [0.2, 0.25) is 5.91 Å². The largest absolute Gasteiger partial charge is 0.339 e. The second-order valence-electron chi connectivity index (χ2n) is 6.20. The predicted molar refractivity (Wildman–Crippen MR) is 87.1 cm³/mol. The average molecular weight is 316 g/mol. The molecule has 2 aliphatic heterocycles. The lowest BCUT2D eigenvalue weighted by atomic mass is 10.1. The predicted octanol–water partition coefficient (Wildman–Crippen LogP) is 1.47. The maximum atomic E-state index is 12.6. The Balaban J connectivity index is 1.57. The first kappa shape index (κ1) is 15.8. The molecule has 0 aliphatic carbocycles. The third kappa shape index (κ3) is 3.46. The van der Waals surface area contributed by atoms with Gasteiger partial charge in [-0.3, -0.25) is 14.3 Å². The van der Waals surface area contributed by atoms with Gasteiger partial charge in [0.15, 0.2) is 5.69 Å². The van der Waals surface area contributed by atoms with Crippen molar-refractivity contribution in [2.45, 2.75) is 38.6 Å².